The van der Waals surface area contributed by atoms with Crippen molar-refractivity contribution in [3.05, 3.63) is 48.2 Å². The molecule has 0 saturated carbocycles. The van der Waals surface area contributed by atoms with Crippen molar-refractivity contribution in [1.29, 1.82) is 0 Å². The second-order valence-corrected chi connectivity index (χ2v) is 4.78. The van der Waals surface area contributed by atoms with Crippen LogP contribution in [0, 0.1) is 0 Å². The minimum atomic E-state index is 0.134. The highest BCUT2D eigenvalue weighted by atomic mass is 16.3. The first-order valence-corrected chi connectivity index (χ1v) is 6.88. The number of fused-ring (bicyclic) bond motifs is 1. The quantitative estimate of drug-likeness (QED) is 0.724. The zero-order chi connectivity index (χ0) is 14.4. The fraction of sp³-hybridized carbons (Fsp3) is 0.375. The number of para-hydroxylation sites is 1. The van der Waals surface area contributed by atoms with Crippen molar-refractivity contribution in [2.24, 2.45) is 0 Å². The Morgan fingerprint density at radius 3 is 2.90 bits per heavy atom. The fourth-order valence-corrected chi connectivity index (χ4v) is 2.41. The maximum absolute atomic E-state index is 9.13. The van der Waals surface area contributed by atoms with E-state index in [1.54, 1.807) is 0 Å². The Kier molecular flexibility index (Phi) is 5.35. The van der Waals surface area contributed by atoms with Gasteiger partial charge in [-0.25, -0.2) is 0 Å². The van der Waals surface area contributed by atoms with Crippen LogP contribution in [-0.4, -0.2) is 36.8 Å². The number of aliphatic hydroxyl groups is 1. The van der Waals surface area contributed by atoms with Crippen molar-refractivity contribution >= 4 is 11.0 Å². The van der Waals surface area contributed by atoms with Crippen LogP contribution in [0.2, 0.25) is 0 Å². The molecule has 0 fully saturated rings. The Hall–Kier alpha value is -1.62. The third-order valence-corrected chi connectivity index (χ3v) is 3.31. The van der Waals surface area contributed by atoms with Gasteiger partial charge in [0.1, 0.15) is 11.3 Å². The third-order valence-electron chi connectivity index (χ3n) is 3.31. The molecule has 0 amide bonds. The lowest BCUT2D eigenvalue weighted by atomic mass is 10.1. The molecule has 20 heavy (non-hydrogen) atoms. The number of nitrogens with zero attached hydrogens (tertiary/aromatic N) is 1. The minimum Gasteiger partial charge on any atom is -0.459 e. The number of benzene rings is 1. The highest BCUT2D eigenvalue weighted by molar-refractivity contribution is 5.82. The number of nitrogens with one attached hydrogen (secondary N) is 1. The smallest absolute Gasteiger partial charge is 0.134 e. The van der Waals surface area contributed by atoms with Crippen LogP contribution in [0.25, 0.3) is 11.0 Å². The van der Waals surface area contributed by atoms with E-state index >= 15 is 0 Å². The molecule has 2 N–H and O–H groups in total. The van der Waals surface area contributed by atoms with Crippen molar-refractivity contribution < 1.29 is 9.52 Å². The first kappa shape index (κ1) is 14.8. The molecule has 0 bridgehead atoms. The zero-order valence-electron chi connectivity index (χ0n) is 11.9. The second kappa shape index (κ2) is 7.24. The molecule has 0 unspecified atom stereocenters. The lowest BCUT2D eigenvalue weighted by molar-refractivity contribution is 0.194. The molecule has 2 rings (SSSR count). The predicted octanol–water partition coefficient (Wildman–Crippen LogP) is 2.13. The van der Waals surface area contributed by atoms with Crippen molar-refractivity contribution in [3.63, 3.8) is 0 Å². The normalized spacial score (nSPS) is 11.3. The number of furan rings is 1. The van der Waals surface area contributed by atoms with Crippen LogP contribution in [0.1, 0.15) is 11.3 Å². The molecule has 0 aliphatic carbocycles. The Balaban J connectivity index is 2.31. The van der Waals surface area contributed by atoms with Crippen LogP contribution in [0.15, 0.2) is 41.3 Å². The van der Waals surface area contributed by atoms with Gasteiger partial charge in [0.05, 0.1) is 13.2 Å². The molecule has 0 aliphatic heterocycles. The van der Waals surface area contributed by atoms with Gasteiger partial charge in [-0.3, -0.25) is 4.90 Å². The number of hydrogen-bond donors (Lipinski definition) is 2. The summed E-state index contributed by atoms with van der Waals surface area (Å²) in [7, 11) is 1.93. The SMILES string of the molecule is C=CCN(CCO)Cc1oc2ccccc2c1CNC. The standard InChI is InChI=1S/C16H22N2O2/c1-3-8-18(9-10-19)12-16-14(11-17-2)13-6-4-5-7-15(13)20-16/h3-7,17,19H,1,8-12H2,2H3. The molecule has 4 heteroatoms. The van der Waals surface area contributed by atoms with Gasteiger partial charge in [0.25, 0.3) is 0 Å². The number of rotatable bonds is 8. The Bertz CT molecular complexity index is 563. The Morgan fingerprint density at radius 2 is 2.20 bits per heavy atom. The monoisotopic (exact) mass is 274 g/mol. The zero-order valence-corrected chi connectivity index (χ0v) is 11.9. The maximum atomic E-state index is 9.13. The number of hydrogen-bond acceptors (Lipinski definition) is 4. The van der Waals surface area contributed by atoms with Gasteiger partial charge in [0.15, 0.2) is 0 Å². The summed E-state index contributed by atoms with van der Waals surface area (Å²) < 4.78 is 5.98. The van der Waals surface area contributed by atoms with E-state index in [0.29, 0.717) is 13.1 Å². The molecule has 4 nitrogen and oxygen atoms in total. The average molecular weight is 274 g/mol. The lowest BCUT2D eigenvalue weighted by Crippen LogP contribution is -2.27. The summed E-state index contributed by atoms with van der Waals surface area (Å²) in [6.45, 7) is 6.69. The van der Waals surface area contributed by atoms with Crippen molar-refractivity contribution in [1.82, 2.24) is 10.2 Å². The van der Waals surface area contributed by atoms with E-state index in [2.05, 4.69) is 22.9 Å². The van der Waals surface area contributed by atoms with Crippen LogP contribution < -0.4 is 5.32 Å². The van der Waals surface area contributed by atoms with E-state index in [1.807, 2.05) is 31.3 Å². The molecule has 0 saturated heterocycles. The summed E-state index contributed by atoms with van der Waals surface area (Å²) in [6.07, 6.45) is 1.84. The van der Waals surface area contributed by atoms with Gasteiger partial charge in [0.2, 0.25) is 0 Å². The van der Waals surface area contributed by atoms with Gasteiger partial charge in [-0.15, -0.1) is 6.58 Å². The molecule has 1 heterocycles. The number of aliphatic hydroxyl groups excluding tert-OH is 1. The first-order chi connectivity index (χ1) is 9.80. The molecule has 0 spiro atoms. The average Bonchev–Trinajstić information content (AvgIpc) is 2.78. The molecule has 0 radical (unpaired) electrons. The van der Waals surface area contributed by atoms with Crippen LogP contribution in [0.4, 0.5) is 0 Å². The van der Waals surface area contributed by atoms with Crippen LogP contribution >= 0.6 is 0 Å². The van der Waals surface area contributed by atoms with E-state index in [-0.39, 0.29) is 6.61 Å². The summed E-state index contributed by atoms with van der Waals surface area (Å²) in [5.74, 6) is 0.954. The molecule has 1 aromatic carbocycles. The highest BCUT2D eigenvalue weighted by Crippen LogP contribution is 2.26. The molecule has 0 atom stereocenters. The second-order valence-electron chi connectivity index (χ2n) is 4.78. The van der Waals surface area contributed by atoms with Gasteiger partial charge in [-0.2, -0.15) is 0 Å². The predicted molar refractivity (Wildman–Crippen MR) is 81.5 cm³/mol. The van der Waals surface area contributed by atoms with Crippen LogP contribution in [0.5, 0.6) is 0 Å². The van der Waals surface area contributed by atoms with Gasteiger partial charge < -0.3 is 14.8 Å². The van der Waals surface area contributed by atoms with E-state index in [0.717, 1.165) is 29.8 Å². The van der Waals surface area contributed by atoms with Gasteiger partial charge >= 0.3 is 0 Å². The summed E-state index contributed by atoms with van der Waals surface area (Å²) in [5.41, 5.74) is 2.10. The third kappa shape index (κ3) is 3.28. The minimum absolute atomic E-state index is 0.134. The molecule has 2 aromatic rings. The maximum Gasteiger partial charge on any atom is 0.134 e. The first-order valence-electron chi connectivity index (χ1n) is 6.88. The van der Waals surface area contributed by atoms with E-state index in [1.165, 1.54) is 5.56 Å². The summed E-state index contributed by atoms with van der Waals surface area (Å²) in [5, 5.41) is 13.5. The Morgan fingerprint density at radius 1 is 1.40 bits per heavy atom. The highest BCUT2D eigenvalue weighted by Gasteiger charge is 2.15. The van der Waals surface area contributed by atoms with Crippen LogP contribution in [0.3, 0.4) is 0 Å². The lowest BCUT2D eigenvalue weighted by Gasteiger charge is -2.18. The Labute approximate surface area is 119 Å². The fourth-order valence-electron chi connectivity index (χ4n) is 2.41. The van der Waals surface area contributed by atoms with Crippen LogP contribution in [-0.2, 0) is 13.1 Å². The van der Waals surface area contributed by atoms with Gasteiger partial charge in [0, 0.05) is 30.6 Å². The van der Waals surface area contributed by atoms with E-state index < -0.39 is 0 Å². The van der Waals surface area contributed by atoms with Crippen molar-refractivity contribution in [3.8, 4) is 0 Å². The summed E-state index contributed by atoms with van der Waals surface area (Å²) in [4.78, 5) is 2.11. The molecule has 1 aromatic heterocycles. The topological polar surface area (TPSA) is 48.6 Å². The van der Waals surface area contributed by atoms with Gasteiger partial charge in [-0.1, -0.05) is 24.3 Å². The molecular formula is C16H22N2O2. The van der Waals surface area contributed by atoms with Crippen molar-refractivity contribution in [2.75, 3.05) is 26.7 Å². The van der Waals surface area contributed by atoms with E-state index in [4.69, 9.17) is 9.52 Å². The summed E-state index contributed by atoms with van der Waals surface area (Å²) >= 11 is 0. The molecule has 108 valence electrons. The largest absolute Gasteiger partial charge is 0.459 e. The summed E-state index contributed by atoms with van der Waals surface area (Å²) in [6, 6.07) is 8.07. The van der Waals surface area contributed by atoms with E-state index in [9.17, 15) is 0 Å². The van der Waals surface area contributed by atoms with Gasteiger partial charge in [-0.05, 0) is 13.1 Å². The molecule has 0 aliphatic rings. The van der Waals surface area contributed by atoms with Crippen molar-refractivity contribution in [2.45, 2.75) is 13.1 Å². The molecular weight excluding hydrogens is 252 g/mol.